The number of carbonyl (C=O) groups is 2. The number of anilines is 2. The molecule has 1 aromatic heterocycles. The van der Waals surface area contributed by atoms with Gasteiger partial charge < -0.3 is 20.4 Å². The quantitative estimate of drug-likeness (QED) is 0.887. The molecule has 0 bridgehead atoms. The molecular weight excluding hydrogens is 294 g/mol. The van der Waals surface area contributed by atoms with E-state index in [0.717, 1.165) is 23.4 Å². The van der Waals surface area contributed by atoms with E-state index in [2.05, 4.69) is 5.32 Å². The molecular formula is C17H21N3O3. The van der Waals surface area contributed by atoms with E-state index in [4.69, 9.17) is 10.2 Å². The van der Waals surface area contributed by atoms with Gasteiger partial charge in [0.25, 0.3) is 5.91 Å². The van der Waals surface area contributed by atoms with Crippen LogP contribution in [-0.4, -0.2) is 25.9 Å². The number of rotatable bonds is 5. The molecule has 6 heteroatoms. The van der Waals surface area contributed by atoms with Gasteiger partial charge in [-0.1, -0.05) is 6.92 Å². The fourth-order valence-electron chi connectivity index (χ4n) is 2.35. The van der Waals surface area contributed by atoms with E-state index in [1.165, 1.54) is 0 Å². The molecule has 1 aromatic carbocycles. The zero-order valence-corrected chi connectivity index (χ0v) is 13.8. The summed E-state index contributed by atoms with van der Waals surface area (Å²) >= 11 is 0. The molecule has 2 aromatic rings. The first kappa shape index (κ1) is 16.6. The van der Waals surface area contributed by atoms with Gasteiger partial charge in [0, 0.05) is 26.1 Å². The van der Waals surface area contributed by atoms with Gasteiger partial charge in [-0.2, -0.15) is 0 Å². The monoisotopic (exact) mass is 315 g/mol. The van der Waals surface area contributed by atoms with Crippen molar-refractivity contribution in [3.05, 3.63) is 46.9 Å². The lowest BCUT2D eigenvalue weighted by molar-refractivity contribution is 0.0987. The lowest BCUT2D eigenvalue weighted by atomic mass is 10.1. The van der Waals surface area contributed by atoms with Crippen molar-refractivity contribution < 1.29 is 14.0 Å². The Morgan fingerprint density at radius 1 is 1.26 bits per heavy atom. The van der Waals surface area contributed by atoms with Gasteiger partial charge in [0.1, 0.15) is 5.76 Å². The van der Waals surface area contributed by atoms with Crippen molar-refractivity contribution in [2.75, 3.05) is 24.3 Å². The van der Waals surface area contributed by atoms with E-state index >= 15 is 0 Å². The summed E-state index contributed by atoms with van der Waals surface area (Å²) < 4.78 is 5.56. The van der Waals surface area contributed by atoms with Gasteiger partial charge in [0.05, 0.1) is 11.4 Å². The minimum absolute atomic E-state index is 0.244. The molecule has 0 fully saturated rings. The SMILES string of the molecule is CCc1oc(C(=O)Nc2cc(C(N)=O)ccc2N(C)C)cc1C. The maximum absolute atomic E-state index is 12.4. The average molecular weight is 315 g/mol. The topological polar surface area (TPSA) is 88.6 Å². The van der Waals surface area contributed by atoms with Crippen LogP contribution >= 0.6 is 0 Å². The molecule has 0 aliphatic rings. The number of amides is 2. The molecule has 6 nitrogen and oxygen atoms in total. The number of nitrogens with zero attached hydrogens (tertiary/aromatic N) is 1. The minimum Gasteiger partial charge on any atom is -0.456 e. The van der Waals surface area contributed by atoms with E-state index in [0.29, 0.717) is 11.3 Å². The second-order valence-electron chi connectivity index (χ2n) is 5.52. The summed E-state index contributed by atoms with van der Waals surface area (Å²) in [6.45, 7) is 3.87. The molecule has 2 amide bonds. The predicted octanol–water partition coefficient (Wildman–Crippen LogP) is 2.57. The van der Waals surface area contributed by atoms with E-state index in [1.54, 1.807) is 24.3 Å². The molecule has 0 saturated heterocycles. The van der Waals surface area contributed by atoms with E-state index in [9.17, 15) is 9.59 Å². The van der Waals surface area contributed by atoms with Gasteiger partial charge in [-0.3, -0.25) is 9.59 Å². The highest BCUT2D eigenvalue weighted by Gasteiger charge is 2.17. The molecule has 122 valence electrons. The second kappa shape index (κ2) is 6.56. The van der Waals surface area contributed by atoms with Crippen LogP contribution in [-0.2, 0) is 6.42 Å². The van der Waals surface area contributed by atoms with Crippen molar-refractivity contribution in [2.24, 2.45) is 5.73 Å². The van der Waals surface area contributed by atoms with Crippen LogP contribution in [0.5, 0.6) is 0 Å². The molecule has 0 radical (unpaired) electrons. The lowest BCUT2D eigenvalue weighted by Gasteiger charge is -2.18. The molecule has 1 heterocycles. The highest BCUT2D eigenvalue weighted by Crippen LogP contribution is 2.27. The molecule has 0 atom stereocenters. The number of nitrogens with one attached hydrogen (secondary N) is 1. The standard InChI is InChI=1S/C17H21N3O3/c1-5-14-10(2)8-15(23-14)17(22)19-12-9-11(16(18)21)6-7-13(12)20(3)4/h6-9H,5H2,1-4H3,(H2,18,21)(H,19,22). The number of carbonyl (C=O) groups excluding carboxylic acids is 2. The van der Waals surface area contributed by atoms with Crippen molar-refractivity contribution >= 4 is 23.2 Å². The zero-order valence-electron chi connectivity index (χ0n) is 13.8. The fraction of sp³-hybridized carbons (Fsp3) is 0.294. The summed E-state index contributed by atoms with van der Waals surface area (Å²) in [5, 5.41) is 2.79. The number of aryl methyl sites for hydroxylation is 2. The van der Waals surface area contributed by atoms with Crippen molar-refractivity contribution in [2.45, 2.75) is 20.3 Å². The Bertz CT molecular complexity index is 748. The first-order valence-electron chi connectivity index (χ1n) is 7.35. The number of primary amides is 1. The Morgan fingerprint density at radius 2 is 1.96 bits per heavy atom. The van der Waals surface area contributed by atoms with Crippen LogP contribution in [0.1, 0.15) is 39.2 Å². The summed E-state index contributed by atoms with van der Waals surface area (Å²) in [7, 11) is 3.70. The number of nitrogens with two attached hydrogens (primary N) is 1. The summed E-state index contributed by atoms with van der Waals surface area (Å²) in [6.07, 6.45) is 0.721. The Hall–Kier alpha value is -2.76. The summed E-state index contributed by atoms with van der Waals surface area (Å²) in [4.78, 5) is 25.6. The van der Waals surface area contributed by atoms with Crippen molar-refractivity contribution in [1.29, 1.82) is 0 Å². The van der Waals surface area contributed by atoms with Crippen LogP contribution in [0.15, 0.2) is 28.7 Å². The Labute approximate surface area is 135 Å². The second-order valence-corrected chi connectivity index (χ2v) is 5.52. The molecule has 23 heavy (non-hydrogen) atoms. The van der Waals surface area contributed by atoms with Crippen LogP contribution in [0.3, 0.4) is 0 Å². The number of benzene rings is 1. The first-order chi connectivity index (χ1) is 10.8. The van der Waals surface area contributed by atoms with Crippen LogP contribution in [0.2, 0.25) is 0 Å². The summed E-state index contributed by atoms with van der Waals surface area (Å²) in [6, 6.07) is 6.63. The van der Waals surface area contributed by atoms with Gasteiger partial charge in [-0.25, -0.2) is 0 Å². The van der Waals surface area contributed by atoms with Gasteiger partial charge >= 0.3 is 0 Å². The van der Waals surface area contributed by atoms with E-state index in [1.807, 2.05) is 32.8 Å². The lowest BCUT2D eigenvalue weighted by Crippen LogP contribution is -2.18. The van der Waals surface area contributed by atoms with Gasteiger partial charge in [-0.05, 0) is 36.8 Å². The number of furan rings is 1. The predicted molar refractivity (Wildman–Crippen MR) is 90.1 cm³/mol. The molecule has 0 unspecified atom stereocenters. The zero-order chi connectivity index (χ0) is 17.1. The van der Waals surface area contributed by atoms with Crippen LogP contribution in [0.4, 0.5) is 11.4 Å². The third-order valence-electron chi connectivity index (χ3n) is 3.58. The van der Waals surface area contributed by atoms with Crippen LogP contribution in [0, 0.1) is 6.92 Å². The largest absolute Gasteiger partial charge is 0.456 e. The van der Waals surface area contributed by atoms with Gasteiger partial charge in [-0.15, -0.1) is 0 Å². The van der Waals surface area contributed by atoms with Crippen LogP contribution < -0.4 is 16.0 Å². The summed E-state index contributed by atoms with van der Waals surface area (Å²) in [5.74, 6) is 0.118. The average Bonchev–Trinajstić information content (AvgIpc) is 2.88. The molecule has 0 saturated carbocycles. The Morgan fingerprint density at radius 3 is 2.48 bits per heavy atom. The molecule has 0 aliphatic heterocycles. The maximum atomic E-state index is 12.4. The van der Waals surface area contributed by atoms with Crippen molar-refractivity contribution in [3.63, 3.8) is 0 Å². The number of hydrogen-bond donors (Lipinski definition) is 2. The smallest absolute Gasteiger partial charge is 0.291 e. The molecule has 0 spiro atoms. The third kappa shape index (κ3) is 3.53. The first-order valence-corrected chi connectivity index (χ1v) is 7.35. The molecule has 3 N–H and O–H groups in total. The normalized spacial score (nSPS) is 10.4. The summed E-state index contributed by atoms with van der Waals surface area (Å²) in [5.41, 5.74) is 7.85. The van der Waals surface area contributed by atoms with E-state index in [-0.39, 0.29) is 11.7 Å². The van der Waals surface area contributed by atoms with Crippen molar-refractivity contribution in [1.82, 2.24) is 0 Å². The third-order valence-corrected chi connectivity index (χ3v) is 3.58. The van der Waals surface area contributed by atoms with Crippen LogP contribution in [0.25, 0.3) is 0 Å². The highest BCUT2D eigenvalue weighted by molar-refractivity contribution is 6.05. The van der Waals surface area contributed by atoms with Crippen molar-refractivity contribution in [3.8, 4) is 0 Å². The minimum atomic E-state index is -0.548. The number of hydrogen-bond acceptors (Lipinski definition) is 4. The Balaban J connectivity index is 2.35. The maximum Gasteiger partial charge on any atom is 0.291 e. The van der Waals surface area contributed by atoms with Gasteiger partial charge in [0.15, 0.2) is 5.76 Å². The Kier molecular flexibility index (Phi) is 4.74. The van der Waals surface area contributed by atoms with E-state index < -0.39 is 5.91 Å². The molecule has 2 rings (SSSR count). The molecule has 0 aliphatic carbocycles. The fourth-order valence-corrected chi connectivity index (χ4v) is 2.35. The highest BCUT2D eigenvalue weighted by atomic mass is 16.4. The van der Waals surface area contributed by atoms with Gasteiger partial charge in [0.2, 0.25) is 5.91 Å².